The molecule has 1 aliphatic rings. The van der Waals surface area contributed by atoms with E-state index in [9.17, 15) is 4.39 Å². The number of primary amides is 1. The van der Waals surface area contributed by atoms with Crippen LogP contribution in [-0.2, 0) is 17.8 Å². The van der Waals surface area contributed by atoms with E-state index >= 15 is 0 Å². The molecular formula is C25H29FN4O3. The summed E-state index contributed by atoms with van der Waals surface area (Å²) < 4.78 is 20.5. The van der Waals surface area contributed by atoms with E-state index < -0.39 is 0 Å². The van der Waals surface area contributed by atoms with Gasteiger partial charge in [-0.05, 0) is 48.6 Å². The standard InChI is InChI=1S/C24H26FN3O2.CH3NO/c1-15(27-29)20-12-17(20)10-16-8-9-23(21(25)11-16)30-14-18-13-24(28(2)3)26-22-7-5-4-6-19(18)22;2-1-3/h4-9,11,13,17,20,27,29H,1,10,12,14H2,2-3H3;1H,(H2,2,3). The van der Waals surface area contributed by atoms with Crippen molar-refractivity contribution in [3.8, 4) is 5.75 Å². The lowest BCUT2D eigenvalue weighted by molar-refractivity contribution is -0.106. The lowest BCUT2D eigenvalue weighted by Crippen LogP contribution is -2.12. The lowest BCUT2D eigenvalue weighted by Gasteiger charge is -2.16. The minimum absolute atomic E-state index is 0.236. The number of amides is 1. The molecule has 8 heteroatoms. The highest BCUT2D eigenvalue weighted by Crippen LogP contribution is 2.44. The molecule has 174 valence electrons. The summed E-state index contributed by atoms with van der Waals surface area (Å²) in [6.45, 7) is 4.04. The van der Waals surface area contributed by atoms with Crippen LogP contribution in [0.3, 0.4) is 0 Å². The van der Waals surface area contributed by atoms with Gasteiger partial charge in [-0.25, -0.2) is 9.37 Å². The van der Waals surface area contributed by atoms with Crippen LogP contribution in [0, 0.1) is 17.7 Å². The predicted molar refractivity (Wildman–Crippen MR) is 126 cm³/mol. The van der Waals surface area contributed by atoms with Gasteiger partial charge < -0.3 is 15.4 Å². The molecule has 33 heavy (non-hydrogen) atoms. The van der Waals surface area contributed by atoms with Crippen molar-refractivity contribution < 1.29 is 19.1 Å². The van der Waals surface area contributed by atoms with E-state index in [1.807, 2.05) is 55.4 Å². The third kappa shape index (κ3) is 5.98. The SMILES string of the molecule is C=C(NO)C1CC1Cc1ccc(OCc2cc(N(C)C)nc3ccccc23)c(F)c1.NC=O. The number of pyridine rings is 1. The molecule has 0 bridgehead atoms. The van der Waals surface area contributed by atoms with Crippen LogP contribution in [-0.4, -0.2) is 30.7 Å². The number of nitrogens with one attached hydrogen (secondary N) is 1. The molecule has 0 saturated heterocycles. The third-order valence-corrected chi connectivity index (χ3v) is 5.64. The number of ether oxygens (including phenoxy) is 1. The van der Waals surface area contributed by atoms with Crippen molar-refractivity contribution in [2.45, 2.75) is 19.4 Å². The first-order valence-corrected chi connectivity index (χ1v) is 10.6. The average Bonchev–Trinajstić information content (AvgIpc) is 3.57. The Morgan fingerprint density at radius 2 is 2.06 bits per heavy atom. The normalized spacial score (nSPS) is 16.4. The number of carbonyl (C=O) groups excluding carboxylic acids is 1. The maximum absolute atomic E-state index is 14.7. The van der Waals surface area contributed by atoms with Crippen LogP contribution in [0.2, 0.25) is 0 Å². The van der Waals surface area contributed by atoms with Gasteiger partial charge in [-0.2, -0.15) is 0 Å². The Balaban J connectivity index is 0.000000968. The second-order valence-electron chi connectivity index (χ2n) is 8.18. The molecule has 4 N–H and O–H groups in total. The molecule has 1 fully saturated rings. The van der Waals surface area contributed by atoms with Crippen LogP contribution in [0.25, 0.3) is 10.9 Å². The van der Waals surface area contributed by atoms with Crippen molar-refractivity contribution in [2.24, 2.45) is 17.6 Å². The second kappa shape index (κ2) is 10.8. The second-order valence-corrected chi connectivity index (χ2v) is 8.18. The van der Waals surface area contributed by atoms with E-state index in [4.69, 9.17) is 14.7 Å². The van der Waals surface area contributed by atoms with Crippen LogP contribution >= 0.6 is 0 Å². The van der Waals surface area contributed by atoms with Crippen molar-refractivity contribution >= 4 is 23.1 Å². The summed E-state index contributed by atoms with van der Waals surface area (Å²) in [6.07, 6.45) is 1.96. The highest BCUT2D eigenvalue weighted by atomic mass is 19.1. The fourth-order valence-corrected chi connectivity index (χ4v) is 3.81. The molecule has 1 heterocycles. The highest BCUT2D eigenvalue weighted by Gasteiger charge is 2.39. The molecule has 1 saturated carbocycles. The van der Waals surface area contributed by atoms with E-state index in [2.05, 4.69) is 22.8 Å². The molecule has 4 rings (SSSR count). The largest absolute Gasteiger partial charge is 0.486 e. The maximum Gasteiger partial charge on any atom is 0.204 e. The summed E-state index contributed by atoms with van der Waals surface area (Å²) in [5, 5.41) is 9.94. The molecule has 0 aliphatic heterocycles. The number of nitrogens with zero attached hydrogens (tertiary/aromatic N) is 2. The van der Waals surface area contributed by atoms with Crippen LogP contribution < -0.4 is 20.9 Å². The lowest BCUT2D eigenvalue weighted by atomic mass is 10.1. The Hall–Kier alpha value is -3.65. The summed E-state index contributed by atoms with van der Waals surface area (Å²) >= 11 is 0. The van der Waals surface area contributed by atoms with Gasteiger partial charge >= 0.3 is 0 Å². The number of fused-ring (bicyclic) bond motifs is 1. The first kappa shape index (κ1) is 24.0. The average molecular weight is 453 g/mol. The summed E-state index contributed by atoms with van der Waals surface area (Å²) in [5.74, 6) is 1.34. The van der Waals surface area contributed by atoms with Crippen LogP contribution in [0.15, 0.2) is 60.8 Å². The smallest absolute Gasteiger partial charge is 0.204 e. The Kier molecular flexibility index (Phi) is 7.84. The van der Waals surface area contributed by atoms with E-state index in [0.717, 1.165) is 40.7 Å². The van der Waals surface area contributed by atoms with Crippen LogP contribution in [0.5, 0.6) is 5.75 Å². The van der Waals surface area contributed by atoms with Gasteiger partial charge in [0.05, 0.1) is 5.52 Å². The zero-order valence-corrected chi connectivity index (χ0v) is 18.8. The van der Waals surface area contributed by atoms with E-state index in [0.29, 0.717) is 11.6 Å². The number of hydrogen-bond acceptors (Lipinski definition) is 6. The first-order chi connectivity index (χ1) is 15.9. The number of anilines is 1. The van der Waals surface area contributed by atoms with Crippen LogP contribution in [0.4, 0.5) is 10.2 Å². The van der Waals surface area contributed by atoms with Gasteiger partial charge in [0, 0.05) is 36.7 Å². The van der Waals surface area contributed by atoms with Gasteiger partial charge in [-0.3, -0.25) is 15.5 Å². The molecule has 1 aromatic heterocycles. The Labute approximate surface area is 192 Å². The summed E-state index contributed by atoms with van der Waals surface area (Å²) in [4.78, 5) is 15.2. The van der Waals surface area contributed by atoms with E-state index in [1.165, 1.54) is 6.07 Å². The van der Waals surface area contributed by atoms with Gasteiger partial charge in [0.1, 0.15) is 12.4 Å². The van der Waals surface area contributed by atoms with Gasteiger partial charge in [0.2, 0.25) is 6.41 Å². The van der Waals surface area contributed by atoms with Crippen molar-refractivity contribution in [1.29, 1.82) is 0 Å². The monoisotopic (exact) mass is 452 g/mol. The fraction of sp³-hybridized carbons (Fsp3) is 0.280. The van der Waals surface area contributed by atoms with Crippen molar-refractivity contribution in [3.05, 3.63) is 77.8 Å². The quantitative estimate of drug-likeness (QED) is 0.355. The van der Waals surface area contributed by atoms with Crippen molar-refractivity contribution in [1.82, 2.24) is 10.5 Å². The molecule has 2 atom stereocenters. The number of hydrogen-bond donors (Lipinski definition) is 3. The summed E-state index contributed by atoms with van der Waals surface area (Å²) in [7, 11) is 3.88. The topological polar surface area (TPSA) is 101 Å². The number of rotatable bonds is 8. The van der Waals surface area contributed by atoms with Gasteiger partial charge in [0.15, 0.2) is 11.6 Å². The number of para-hydroxylation sites is 1. The Morgan fingerprint density at radius 3 is 2.73 bits per heavy atom. The minimum atomic E-state index is -0.366. The molecule has 1 aliphatic carbocycles. The third-order valence-electron chi connectivity index (χ3n) is 5.64. The van der Waals surface area contributed by atoms with Crippen LogP contribution in [0.1, 0.15) is 17.5 Å². The van der Waals surface area contributed by atoms with Crippen molar-refractivity contribution in [3.63, 3.8) is 0 Å². The van der Waals surface area contributed by atoms with E-state index in [-0.39, 0.29) is 30.5 Å². The Bertz CT molecular complexity index is 1140. The molecule has 0 spiro atoms. The number of carbonyl (C=O) groups is 1. The number of allylic oxidation sites excluding steroid dienone is 1. The first-order valence-electron chi connectivity index (χ1n) is 10.6. The molecule has 0 radical (unpaired) electrons. The van der Waals surface area contributed by atoms with Gasteiger partial charge in [-0.15, -0.1) is 0 Å². The molecule has 2 aromatic carbocycles. The predicted octanol–water partition coefficient (Wildman–Crippen LogP) is 3.79. The van der Waals surface area contributed by atoms with E-state index in [1.54, 1.807) is 6.07 Å². The van der Waals surface area contributed by atoms with Gasteiger partial charge in [0.25, 0.3) is 0 Å². The molecule has 3 aromatic rings. The summed E-state index contributed by atoms with van der Waals surface area (Å²) in [6, 6.07) is 15.0. The zero-order valence-electron chi connectivity index (χ0n) is 18.8. The zero-order chi connectivity index (χ0) is 24.0. The number of nitrogens with two attached hydrogens (primary N) is 1. The van der Waals surface area contributed by atoms with Gasteiger partial charge in [-0.1, -0.05) is 30.8 Å². The highest BCUT2D eigenvalue weighted by molar-refractivity contribution is 5.84. The molecule has 7 nitrogen and oxygen atoms in total. The number of hydroxylamine groups is 1. The maximum atomic E-state index is 14.7. The number of aromatic nitrogens is 1. The molecule has 2 unspecified atom stereocenters. The number of benzene rings is 2. The Morgan fingerprint density at radius 1 is 1.33 bits per heavy atom. The fourth-order valence-electron chi connectivity index (χ4n) is 3.81. The molecular weight excluding hydrogens is 423 g/mol. The minimum Gasteiger partial charge on any atom is -0.486 e. The van der Waals surface area contributed by atoms with Crippen molar-refractivity contribution in [2.75, 3.05) is 19.0 Å². The molecule has 1 amide bonds. The summed E-state index contributed by atoms with van der Waals surface area (Å²) in [5.41, 5.74) is 9.68. The number of halogens is 1.